The summed E-state index contributed by atoms with van der Waals surface area (Å²) in [5.41, 5.74) is 0. The summed E-state index contributed by atoms with van der Waals surface area (Å²) in [7, 11) is 0. The first-order valence-corrected chi connectivity index (χ1v) is 6.45. The lowest BCUT2D eigenvalue weighted by Gasteiger charge is -1.95. The Bertz CT molecular complexity index is 168. The van der Waals surface area contributed by atoms with Gasteiger partial charge in [-0.1, -0.05) is 13.8 Å². The van der Waals surface area contributed by atoms with Crippen molar-refractivity contribution >= 4 is 24.4 Å². The predicted octanol–water partition coefficient (Wildman–Crippen LogP) is 1.79. The van der Waals surface area contributed by atoms with E-state index in [9.17, 15) is 9.59 Å². The fourth-order valence-electron chi connectivity index (χ4n) is 0.898. The summed E-state index contributed by atoms with van der Waals surface area (Å²) >= 11 is 3.53. The van der Waals surface area contributed by atoms with Gasteiger partial charge >= 0.3 is 0 Å². The van der Waals surface area contributed by atoms with Crippen molar-refractivity contribution in [3.05, 3.63) is 0 Å². The molecule has 0 aromatic rings. The van der Waals surface area contributed by atoms with Crippen molar-refractivity contribution in [3.63, 3.8) is 0 Å². The molecule has 1 aliphatic heterocycles. The number of thiol groups is 1. The zero-order chi connectivity index (χ0) is 12.8. The summed E-state index contributed by atoms with van der Waals surface area (Å²) in [4.78, 5) is 20.2. The van der Waals surface area contributed by atoms with E-state index >= 15 is 0 Å². The third-order valence-corrected chi connectivity index (χ3v) is 1.55. The minimum Gasteiger partial charge on any atom is -0.381 e. The molecule has 1 aliphatic rings. The molecule has 5 heteroatoms. The Morgan fingerprint density at radius 1 is 1.06 bits per heavy atom. The predicted molar refractivity (Wildman–Crippen MR) is 68.7 cm³/mol. The lowest BCUT2D eigenvalue weighted by atomic mass is 10.4. The molecular weight excluding hydrogens is 226 g/mol. The molecule has 4 nitrogen and oxygen atoms in total. The highest BCUT2D eigenvalue weighted by atomic mass is 32.1. The first-order chi connectivity index (χ1) is 7.70. The number of hydrogen-bond acceptors (Lipinski definition) is 4. The number of imide groups is 1. The van der Waals surface area contributed by atoms with Crippen LogP contribution in [0.25, 0.3) is 0 Å². The SMILES string of the molecule is CCCOCCC.CS.O=C1CCC(=O)N1. The molecule has 0 bridgehead atoms. The van der Waals surface area contributed by atoms with Crippen molar-refractivity contribution in [2.45, 2.75) is 39.5 Å². The van der Waals surface area contributed by atoms with E-state index in [4.69, 9.17) is 4.74 Å². The van der Waals surface area contributed by atoms with E-state index in [1.165, 1.54) is 0 Å². The van der Waals surface area contributed by atoms with Crippen LogP contribution >= 0.6 is 12.6 Å². The minimum atomic E-state index is -0.148. The molecule has 0 aliphatic carbocycles. The quantitative estimate of drug-likeness (QED) is 0.454. The van der Waals surface area contributed by atoms with Crippen LogP contribution in [-0.4, -0.2) is 31.3 Å². The van der Waals surface area contributed by atoms with Crippen molar-refractivity contribution < 1.29 is 14.3 Å². The molecule has 1 rings (SSSR count). The molecule has 0 aromatic carbocycles. The van der Waals surface area contributed by atoms with Crippen LogP contribution in [-0.2, 0) is 14.3 Å². The number of hydrogen-bond donors (Lipinski definition) is 2. The van der Waals surface area contributed by atoms with Gasteiger partial charge in [-0.05, 0) is 19.1 Å². The van der Waals surface area contributed by atoms with Crippen molar-refractivity contribution in [1.29, 1.82) is 0 Å². The molecule has 0 radical (unpaired) electrons. The van der Waals surface area contributed by atoms with Crippen LogP contribution < -0.4 is 5.32 Å². The zero-order valence-electron chi connectivity index (χ0n) is 10.4. The van der Waals surface area contributed by atoms with Crippen LogP contribution in [0.4, 0.5) is 0 Å². The molecule has 2 amide bonds. The number of ether oxygens (including phenoxy) is 1. The van der Waals surface area contributed by atoms with Gasteiger partial charge in [-0.25, -0.2) is 0 Å². The van der Waals surface area contributed by atoms with Gasteiger partial charge in [0.05, 0.1) is 0 Å². The van der Waals surface area contributed by atoms with Gasteiger partial charge in [0.1, 0.15) is 0 Å². The van der Waals surface area contributed by atoms with Crippen LogP contribution in [0.3, 0.4) is 0 Å². The Labute approximate surface area is 104 Å². The molecule has 0 aromatic heterocycles. The Morgan fingerprint density at radius 2 is 1.44 bits per heavy atom. The van der Waals surface area contributed by atoms with Crippen molar-refractivity contribution in [3.8, 4) is 0 Å². The van der Waals surface area contributed by atoms with Gasteiger partial charge in [-0.3, -0.25) is 14.9 Å². The summed E-state index contributed by atoms with van der Waals surface area (Å²) in [5.74, 6) is -0.296. The second kappa shape index (κ2) is 14.5. The summed E-state index contributed by atoms with van der Waals surface area (Å²) in [6.07, 6.45) is 4.72. The Morgan fingerprint density at radius 3 is 1.62 bits per heavy atom. The summed E-state index contributed by atoms with van der Waals surface area (Å²) in [6, 6.07) is 0. The molecule has 0 spiro atoms. The number of nitrogens with one attached hydrogen (secondary N) is 1. The molecule has 16 heavy (non-hydrogen) atoms. The molecule has 1 N–H and O–H groups in total. The molecule has 0 saturated carbocycles. The normalized spacial score (nSPS) is 13.2. The molecule has 96 valence electrons. The maximum absolute atomic E-state index is 10.1. The molecule has 1 heterocycles. The zero-order valence-corrected chi connectivity index (χ0v) is 11.3. The van der Waals surface area contributed by atoms with Crippen molar-refractivity contribution in [1.82, 2.24) is 5.32 Å². The van der Waals surface area contributed by atoms with Gasteiger partial charge in [-0.2, -0.15) is 12.6 Å². The summed E-state index contributed by atoms with van der Waals surface area (Å²) < 4.78 is 5.13. The van der Waals surface area contributed by atoms with Crippen LogP contribution in [0.2, 0.25) is 0 Å². The standard InChI is InChI=1S/C6H14O.C4H5NO2.CH4S/c1-3-5-7-6-4-2;6-3-1-2-4(7)5-3;1-2/h3-6H2,1-2H3;1-2H2,(H,5,6,7);2H,1H3. The number of amides is 2. The fraction of sp³-hybridized carbons (Fsp3) is 0.818. The third kappa shape index (κ3) is 13.4. The highest BCUT2D eigenvalue weighted by molar-refractivity contribution is 7.79. The van der Waals surface area contributed by atoms with Crippen LogP contribution in [0.5, 0.6) is 0 Å². The Balaban J connectivity index is 0. The topological polar surface area (TPSA) is 55.4 Å². The highest BCUT2D eigenvalue weighted by Crippen LogP contribution is 1.95. The van der Waals surface area contributed by atoms with Gasteiger partial charge in [0.2, 0.25) is 11.8 Å². The third-order valence-electron chi connectivity index (χ3n) is 1.55. The monoisotopic (exact) mass is 249 g/mol. The van der Waals surface area contributed by atoms with E-state index in [1.54, 1.807) is 6.26 Å². The molecular formula is C11H23NO3S. The largest absolute Gasteiger partial charge is 0.381 e. The second-order valence-electron chi connectivity index (χ2n) is 3.08. The molecule has 0 unspecified atom stereocenters. The maximum Gasteiger partial charge on any atom is 0.227 e. The summed E-state index contributed by atoms with van der Waals surface area (Å²) in [6.45, 7) is 6.09. The van der Waals surface area contributed by atoms with Crippen molar-refractivity contribution in [2.75, 3.05) is 19.5 Å². The fourth-order valence-corrected chi connectivity index (χ4v) is 0.898. The lowest BCUT2D eigenvalue weighted by molar-refractivity contribution is -0.124. The van der Waals surface area contributed by atoms with Gasteiger partial charge in [0, 0.05) is 26.1 Å². The van der Waals surface area contributed by atoms with Gasteiger partial charge in [-0.15, -0.1) is 0 Å². The van der Waals surface area contributed by atoms with E-state index in [-0.39, 0.29) is 11.8 Å². The molecule has 1 saturated heterocycles. The maximum atomic E-state index is 10.1. The number of carbonyl (C=O) groups is 2. The Hall–Kier alpha value is -0.550. The van der Waals surface area contributed by atoms with E-state index in [2.05, 4.69) is 31.8 Å². The van der Waals surface area contributed by atoms with Gasteiger partial charge < -0.3 is 4.74 Å². The van der Waals surface area contributed by atoms with Gasteiger partial charge in [0.25, 0.3) is 0 Å². The van der Waals surface area contributed by atoms with Crippen molar-refractivity contribution in [2.24, 2.45) is 0 Å². The van der Waals surface area contributed by atoms with Gasteiger partial charge in [0.15, 0.2) is 0 Å². The van der Waals surface area contributed by atoms with Crippen LogP contribution in [0.1, 0.15) is 39.5 Å². The van der Waals surface area contributed by atoms with E-state index in [1.807, 2.05) is 0 Å². The average molecular weight is 249 g/mol. The Kier molecular flexibility index (Phi) is 16.1. The number of rotatable bonds is 4. The summed E-state index contributed by atoms with van der Waals surface area (Å²) in [5, 5.41) is 2.14. The number of carbonyl (C=O) groups excluding carboxylic acids is 2. The van der Waals surface area contributed by atoms with E-state index in [0.717, 1.165) is 26.1 Å². The highest BCUT2D eigenvalue weighted by Gasteiger charge is 2.15. The first kappa shape index (κ1) is 17.8. The van der Waals surface area contributed by atoms with Crippen LogP contribution in [0, 0.1) is 0 Å². The molecule has 1 fully saturated rings. The second-order valence-corrected chi connectivity index (χ2v) is 3.08. The molecule has 0 atom stereocenters. The van der Waals surface area contributed by atoms with Crippen LogP contribution in [0.15, 0.2) is 0 Å². The van der Waals surface area contributed by atoms with E-state index in [0.29, 0.717) is 12.8 Å². The average Bonchev–Trinajstić information content (AvgIpc) is 2.67. The lowest BCUT2D eigenvalue weighted by Crippen LogP contribution is -2.18. The van der Waals surface area contributed by atoms with E-state index < -0.39 is 0 Å². The first-order valence-electron chi connectivity index (χ1n) is 5.55. The smallest absolute Gasteiger partial charge is 0.227 e. The minimum absolute atomic E-state index is 0.148.